The first-order valence-electron chi connectivity index (χ1n) is 6.39. The molecule has 1 saturated heterocycles. The van der Waals surface area contributed by atoms with E-state index in [2.05, 4.69) is 42.7 Å². The average molecular weight is 264 g/mol. The summed E-state index contributed by atoms with van der Waals surface area (Å²) in [5.41, 5.74) is 3.53. The van der Waals surface area contributed by atoms with Gasteiger partial charge in [0.25, 0.3) is 0 Å². The Balaban J connectivity index is 1.82. The molecule has 1 aromatic carbocycles. The van der Waals surface area contributed by atoms with Crippen LogP contribution in [0.2, 0.25) is 0 Å². The average Bonchev–Trinajstić information content (AvgIpc) is 2.83. The van der Waals surface area contributed by atoms with E-state index in [0.717, 1.165) is 31.7 Å². The molecule has 1 aliphatic rings. The Morgan fingerprint density at radius 2 is 2.28 bits per heavy atom. The molecule has 0 saturated carbocycles. The highest BCUT2D eigenvalue weighted by Gasteiger charge is 2.15. The van der Waals surface area contributed by atoms with Gasteiger partial charge < -0.3 is 15.4 Å². The second kappa shape index (κ2) is 6.16. The second-order valence-electron chi connectivity index (χ2n) is 4.79. The third-order valence-electron chi connectivity index (χ3n) is 3.14. The van der Waals surface area contributed by atoms with Gasteiger partial charge in [0.05, 0.1) is 6.10 Å². The zero-order valence-electron chi connectivity index (χ0n) is 11.0. The zero-order valence-corrected chi connectivity index (χ0v) is 11.8. The number of aryl methyl sites for hydroxylation is 2. The quantitative estimate of drug-likeness (QED) is 0.823. The fourth-order valence-electron chi connectivity index (χ4n) is 2.13. The van der Waals surface area contributed by atoms with Crippen molar-refractivity contribution in [2.24, 2.45) is 0 Å². The summed E-state index contributed by atoms with van der Waals surface area (Å²) >= 11 is 5.29. The Labute approximate surface area is 114 Å². The lowest BCUT2D eigenvalue weighted by molar-refractivity contribution is 0.114. The van der Waals surface area contributed by atoms with Crippen LogP contribution >= 0.6 is 12.2 Å². The molecule has 1 aliphatic heterocycles. The van der Waals surface area contributed by atoms with Gasteiger partial charge in [-0.25, -0.2) is 0 Å². The van der Waals surface area contributed by atoms with Crippen LogP contribution in [0.25, 0.3) is 0 Å². The van der Waals surface area contributed by atoms with Gasteiger partial charge in [0, 0.05) is 18.8 Å². The summed E-state index contributed by atoms with van der Waals surface area (Å²) in [7, 11) is 0. The number of thiocarbonyl (C=S) groups is 1. The van der Waals surface area contributed by atoms with Crippen LogP contribution in [0.1, 0.15) is 24.0 Å². The van der Waals surface area contributed by atoms with Crippen LogP contribution in [0.5, 0.6) is 0 Å². The summed E-state index contributed by atoms with van der Waals surface area (Å²) in [5.74, 6) is 0. The van der Waals surface area contributed by atoms with Gasteiger partial charge in [-0.3, -0.25) is 0 Å². The third kappa shape index (κ3) is 3.68. The van der Waals surface area contributed by atoms with E-state index >= 15 is 0 Å². The highest BCUT2D eigenvalue weighted by Crippen LogP contribution is 2.16. The van der Waals surface area contributed by atoms with Gasteiger partial charge in [-0.15, -0.1) is 0 Å². The first kappa shape index (κ1) is 13.3. The number of anilines is 1. The molecule has 0 aromatic heterocycles. The topological polar surface area (TPSA) is 33.3 Å². The molecular formula is C14H20N2OS. The van der Waals surface area contributed by atoms with Gasteiger partial charge >= 0.3 is 0 Å². The van der Waals surface area contributed by atoms with Crippen LogP contribution in [-0.2, 0) is 4.74 Å². The van der Waals surface area contributed by atoms with Gasteiger partial charge in [0.1, 0.15) is 0 Å². The summed E-state index contributed by atoms with van der Waals surface area (Å²) in [4.78, 5) is 0. The van der Waals surface area contributed by atoms with E-state index in [1.807, 2.05) is 0 Å². The minimum atomic E-state index is 0.309. The lowest BCUT2D eigenvalue weighted by Gasteiger charge is -2.15. The molecule has 98 valence electrons. The van der Waals surface area contributed by atoms with Crippen molar-refractivity contribution in [1.82, 2.24) is 5.32 Å². The molecule has 18 heavy (non-hydrogen) atoms. The molecule has 0 amide bonds. The third-order valence-corrected chi connectivity index (χ3v) is 3.39. The molecule has 2 N–H and O–H groups in total. The SMILES string of the molecule is Cc1ccc(NC(=S)NC[C@H]2CCCO2)c(C)c1. The molecule has 1 heterocycles. The number of benzene rings is 1. The maximum Gasteiger partial charge on any atom is 0.170 e. The van der Waals surface area contributed by atoms with Gasteiger partial charge in [-0.05, 0) is 50.5 Å². The maximum absolute atomic E-state index is 5.54. The lowest BCUT2D eigenvalue weighted by Crippen LogP contribution is -2.34. The van der Waals surface area contributed by atoms with E-state index in [1.54, 1.807) is 0 Å². The van der Waals surface area contributed by atoms with Gasteiger partial charge in [-0.2, -0.15) is 0 Å². The molecule has 0 spiro atoms. The van der Waals surface area contributed by atoms with E-state index in [4.69, 9.17) is 17.0 Å². The van der Waals surface area contributed by atoms with Crippen LogP contribution in [0.15, 0.2) is 18.2 Å². The van der Waals surface area contributed by atoms with Crippen molar-refractivity contribution in [3.05, 3.63) is 29.3 Å². The normalized spacial score (nSPS) is 18.7. The predicted molar refractivity (Wildman–Crippen MR) is 79.1 cm³/mol. The van der Waals surface area contributed by atoms with Gasteiger partial charge in [0.15, 0.2) is 5.11 Å². The Morgan fingerprint density at radius 1 is 1.44 bits per heavy atom. The van der Waals surface area contributed by atoms with E-state index < -0.39 is 0 Å². The Kier molecular flexibility index (Phi) is 4.55. The highest BCUT2D eigenvalue weighted by atomic mass is 32.1. The molecule has 0 unspecified atom stereocenters. The highest BCUT2D eigenvalue weighted by molar-refractivity contribution is 7.80. The zero-order chi connectivity index (χ0) is 13.0. The standard InChI is InChI=1S/C14H20N2OS/c1-10-5-6-13(11(2)8-10)16-14(18)15-9-12-4-3-7-17-12/h5-6,8,12H,3-4,7,9H2,1-2H3,(H2,15,16,18)/t12-/m1/s1. The van der Waals surface area contributed by atoms with E-state index in [9.17, 15) is 0 Å². The van der Waals surface area contributed by atoms with Crippen molar-refractivity contribution in [3.8, 4) is 0 Å². The van der Waals surface area contributed by atoms with Crippen molar-refractivity contribution in [1.29, 1.82) is 0 Å². The van der Waals surface area contributed by atoms with Gasteiger partial charge in [0.2, 0.25) is 0 Å². The summed E-state index contributed by atoms with van der Waals surface area (Å²) in [5, 5.41) is 7.10. The molecule has 1 fully saturated rings. The monoisotopic (exact) mass is 264 g/mol. The summed E-state index contributed by atoms with van der Waals surface area (Å²) in [6.45, 7) is 5.84. The molecular weight excluding hydrogens is 244 g/mol. The molecule has 0 radical (unpaired) electrons. The van der Waals surface area contributed by atoms with Crippen LogP contribution in [0.4, 0.5) is 5.69 Å². The first-order valence-corrected chi connectivity index (χ1v) is 6.79. The van der Waals surface area contributed by atoms with Gasteiger partial charge in [-0.1, -0.05) is 17.7 Å². The molecule has 1 atom stereocenters. The van der Waals surface area contributed by atoms with Crippen LogP contribution < -0.4 is 10.6 Å². The van der Waals surface area contributed by atoms with Crippen molar-refractivity contribution < 1.29 is 4.74 Å². The number of ether oxygens (including phenoxy) is 1. The smallest absolute Gasteiger partial charge is 0.170 e. The first-order chi connectivity index (χ1) is 8.65. The maximum atomic E-state index is 5.54. The van der Waals surface area contributed by atoms with Crippen molar-refractivity contribution in [3.63, 3.8) is 0 Å². The minimum absolute atomic E-state index is 0.309. The largest absolute Gasteiger partial charge is 0.376 e. The molecule has 1 aromatic rings. The number of hydrogen-bond acceptors (Lipinski definition) is 2. The van der Waals surface area contributed by atoms with Crippen LogP contribution in [0, 0.1) is 13.8 Å². The molecule has 0 aliphatic carbocycles. The Bertz CT molecular complexity index is 428. The molecule has 3 nitrogen and oxygen atoms in total. The number of nitrogens with one attached hydrogen (secondary N) is 2. The summed E-state index contributed by atoms with van der Waals surface area (Å²) in [6, 6.07) is 6.29. The number of rotatable bonds is 3. The Hall–Kier alpha value is -1.13. The fourth-order valence-corrected chi connectivity index (χ4v) is 2.33. The second-order valence-corrected chi connectivity index (χ2v) is 5.20. The van der Waals surface area contributed by atoms with Crippen LogP contribution in [0.3, 0.4) is 0 Å². The van der Waals surface area contributed by atoms with Crippen molar-refractivity contribution in [2.75, 3.05) is 18.5 Å². The summed E-state index contributed by atoms with van der Waals surface area (Å²) < 4.78 is 5.54. The van der Waals surface area contributed by atoms with E-state index in [1.165, 1.54) is 11.1 Å². The molecule has 0 bridgehead atoms. The fraction of sp³-hybridized carbons (Fsp3) is 0.500. The van der Waals surface area contributed by atoms with E-state index in [-0.39, 0.29) is 0 Å². The molecule has 2 rings (SSSR count). The summed E-state index contributed by atoms with van der Waals surface area (Å²) in [6.07, 6.45) is 2.59. The van der Waals surface area contributed by atoms with Crippen molar-refractivity contribution >= 4 is 23.0 Å². The van der Waals surface area contributed by atoms with E-state index in [0.29, 0.717) is 11.2 Å². The van der Waals surface area contributed by atoms with Crippen molar-refractivity contribution in [2.45, 2.75) is 32.8 Å². The predicted octanol–water partition coefficient (Wildman–Crippen LogP) is 2.77. The Morgan fingerprint density at radius 3 is 2.94 bits per heavy atom. The van der Waals surface area contributed by atoms with Crippen LogP contribution in [-0.4, -0.2) is 24.4 Å². The minimum Gasteiger partial charge on any atom is -0.376 e. The lowest BCUT2D eigenvalue weighted by atomic mass is 10.1. The number of hydrogen-bond donors (Lipinski definition) is 2. The molecule has 4 heteroatoms.